The van der Waals surface area contributed by atoms with Gasteiger partial charge < -0.3 is 10.1 Å². The van der Waals surface area contributed by atoms with Crippen molar-refractivity contribution in [3.63, 3.8) is 0 Å². The van der Waals surface area contributed by atoms with E-state index < -0.39 is 21.6 Å². The third kappa shape index (κ3) is 4.19. The lowest BCUT2D eigenvalue weighted by Crippen LogP contribution is -2.17. The van der Waals surface area contributed by atoms with E-state index in [1.807, 2.05) is 0 Å². The number of anilines is 1. The topological polar surface area (TPSA) is 116 Å². The fourth-order valence-electron chi connectivity index (χ4n) is 2.03. The third-order valence-corrected chi connectivity index (χ3v) is 4.57. The molecule has 0 aliphatic carbocycles. The van der Waals surface area contributed by atoms with E-state index in [2.05, 4.69) is 9.71 Å². The van der Waals surface area contributed by atoms with Gasteiger partial charge in [0.1, 0.15) is 5.56 Å². The molecule has 1 aromatic heterocycles. The summed E-state index contributed by atoms with van der Waals surface area (Å²) in [4.78, 5) is 25.0. The molecule has 0 fully saturated rings. The summed E-state index contributed by atoms with van der Waals surface area (Å²) in [7, 11) is -3.36. The van der Waals surface area contributed by atoms with Crippen molar-refractivity contribution in [2.24, 2.45) is 0 Å². The molecule has 3 N–H and O–H groups in total. The molecule has 2 rings (SSSR count). The summed E-state index contributed by atoms with van der Waals surface area (Å²) >= 11 is 0. The number of H-pyrrole nitrogens is 1. The number of aromatic nitrogens is 1. The van der Waals surface area contributed by atoms with E-state index >= 15 is 0 Å². The molecule has 0 amide bonds. The van der Waals surface area contributed by atoms with Gasteiger partial charge in [0.25, 0.3) is 5.56 Å². The summed E-state index contributed by atoms with van der Waals surface area (Å²) in [6.45, 7) is 1.78. The van der Waals surface area contributed by atoms with E-state index in [-0.39, 0.29) is 11.3 Å². The Morgan fingerprint density at radius 2 is 1.83 bits per heavy atom. The largest absolute Gasteiger partial charge is 0.477 e. The zero-order chi connectivity index (χ0) is 17.0. The zero-order valence-electron chi connectivity index (χ0n) is 12.4. The molecule has 1 aromatic carbocycles. The number of carboxylic acid groups (broad SMARTS) is 1. The minimum Gasteiger partial charge on any atom is -0.477 e. The van der Waals surface area contributed by atoms with Gasteiger partial charge in [-0.1, -0.05) is 19.1 Å². The number of pyridine rings is 1. The van der Waals surface area contributed by atoms with E-state index in [1.54, 1.807) is 31.2 Å². The molecular weight excluding hydrogens is 320 g/mol. The molecule has 0 saturated heterocycles. The molecule has 0 aliphatic heterocycles. The average Bonchev–Trinajstić information content (AvgIpc) is 2.47. The fraction of sp³-hybridized carbons (Fsp3) is 0.200. The van der Waals surface area contributed by atoms with Crippen molar-refractivity contribution in [1.82, 2.24) is 4.98 Å². The van der Waals surface area contributed by atoms with Gasteiger partial charge in [-0.2, -0.15) is 0 Å². The van der Waals surface area contributed by atoms with Crippen molar-refractivity contribution in [2.75, 3.05) is 10.5 Å². The van der Waals surface area contributed by atoms with Crippen molar-refractivity contribution >= 4 is 21.7 Å². The summed E-state index contributed by atoms with van der Waals surface area (Å²) in [6.07, 6.45) is 0.518. The van der Waals surface area contributed by atoms with Crippen LogP contribution in [0.5, 0.6) is 0 Å². The monoisotopic (exact) mass is 336 g/mol. The SMILES string of the molecule is CCCS(=O)(=O)Nc1ccc(-c2ccc(C(=O)O)c(=O)[nH]2)cc1. The second-order valence-electron chi connectivity index (χ2n) is 4.92. The highest BCUT2D eigenvalue weighted by Gasteiger charge is 2.11. The molecule has 1 heterocycles. The van der Waals surface area contributed by atoms with Gasteiger partial charge in [-0.05, 0) is 36.2 Å². The number of aromatic amines is 1. The molecule has 2 aromatic rings. The molecule has 0 unspecified atom stereocenters. The molecule has 0 atom stereocenters. The van der Waals surface area contributed by atoms with Gasteiger partial charge in [0.2, 0.25) is 10.0 Å². The highest BCUT2D eigenvalue weighted by molar-refractivity contribution is 7.92. The van der Waals surface area contributed by atoms with E-state index in [1.165, 1.54) is 12.1 Å². The predicted molar refractivity (Wildman–Crippen MR) is 87.2 cm³/mol. The molecule has 0 radical (unpaired) electrons. The number of carbonyl (C=O) groups is 1. The molecule has 7 nitrogen and oxygen atoms in total. The fourth-order valence-corrected chi connectivity index (χ4v) is 3.16. The molecule has 0 aliphatic rings. The maximum Gasteiger partial charge on any atom is 0.341 e. The number of sulfonamides is 1. The Hall–Kier alpha value is -2.61. The summed E-state index contributed by atoms with van der Waals surface area (Å²) in [6, 6.07) is 9.14. The van der Waals surface area contributed by atoms with Crippen molar-refractivity contribution in [2.45, 2.75) is 13.3 Å². The Morgan fingerprint density at radius 1 is 1.17 bits per heavy atom. The quantitative estimate of drug-likeness (QED) is 0.745. The Labute approximate surface area is 133 Å². The number of rotatable bonds is 6. The van der Waals surface area contributed by atoms with E-state index in [0.29, 0.717) is 23.4 Å². The second kappa shape index (κ2) is 6.66. The van der Waals surface area contributed by atoms with Crippen molar-refractivity contribution in [3.05, 3.63) is 52.3 Å². The molecule has 122 valence electrons. The van der Waals surface area contributed by atoms with Gasteiger partial charge in [0, 0.05) is 11.4 Å². The number of hydrogen-bond acceptors (Lipinski definition) is 4. The zero-order valence-corrected chi connectivity index (χ0v) is 13.2. The standard InChI is InChI=1S/C15H16N2O5S/c1-2-9-23(21,22)17-11-5-3-10(4-6-11)13-8-7-12(15(19)20)14(18)16-13/h3-8,17H,2,9H2,1H3,(H,16,18)(H,19,20). The second-order valence-corrected chi connectivity index (χ2v) is 6.76. The van der Waals surface area contributed by atoms with Crippen LogP contribution in [0.25, 0.3) is 11.3 Å². The lowest BCUT2D eigenvalue weighted by Gasteiger charge is -2.08. The predicted octanol–water partition coefficient (Wildman–Crippen LogP) is 1.89. The highest BCUT2D eigenvalue weighted by Crippen LogP contribution is 2.19. The van der Waals surface area contributed by atoms with Crippen LogP contribution in [-0.4, -0.2) is 30.2 Å². The van der Waals surface area contributed by atoms with Gasteiger partial charge in [-0.15, -0.1) is 0 Å². The van der Waals surface area contributed by atoms with Crippen molar-refractivity contribution in [1.29, 1.82) is 0 Å². The van der Waals surface area contributed by atoms with Crippen LogP contribution in [0.4, 0.5) is 5.69 Å². The number of benzene rings is 1. The third-order valence-electron chi connectivity index (χ3n) is 3.08. The van der Waals surface area contributed by atoms with Crippen LogP contribution >= 0.6 is 0 Å². The number of nitrogens with one attached hydrogen (secondary N) is 2. The summed E-state index contributed by atoms with van der Waals surface area (Å²) < 4.78 is 25.8. The minimum atomic E-state index is -3.36. The Morgan fingerprint density at radius 3 is 2.35 bits per heavy atom. The van der Waals surface area contributed by atoms with E-state index in [4.69, 9.17) is 5.11 Å². The lowest BCUT2D eigenvalue weighted by molar-refractivity contribution is 0.0695. The number of carboxylic acids is 1. The average molecular weight is 336 g/mol. The highest BCUT2D eigenvalue weighted by atomic mass is 32.2. The molecule has 8 heteroatoms. The van der Waals surface area contributed by atoms with E-state index in [0.717, 1.165) is 0 Å². The maximum absolute atomic E-state index is 11.7. The Balaban J connectivity index is 2.25. The first-order valence-corrected chi connectivity index (χ1v) is 8.55. The van der Waals surface area contributed by atoms with Gasteiger partial charge in [0.05, 0.1) is 5.75 Å². The molecule has 23 heavy (non-hydrogen) atoms. The summed E-state index contributed by atoms with van der Waals surface area (Å²) in [5, 5.41) is 8.83. The molecule has 0 bridgehead atoms. The van der Waals surface area contributed by atoms with Crippen LogP contribution in [0.15, 0.2) is 41.2 Å². The van der Waals surface area contributed by atoms with Crippen LogP contribution in [-0.2, 0) is 10.0 Å². The lowest BCUT2D eigenvalue weighted by atomic mass is 10.1. The van der Waals surface area contributed by atoms with Gasteiger partial charge in [-0.3, -0.25) is 9.52 Å². The van der Waals surface area contributed by atoms with Crippen LogP contribution in [0, 0.1) is 0 Å². The molecular formula is C15H16N2O5S. The molecule has 0 spiro atoms. The first-order chi connectivity index (χ1) is 10.8. The number of aromatic carboxylic acids is 1. The Bertz CT molecular complexity index is 869. The van der Waals surface area contributed by atoms with Crippen molar-refractivity contribution < 1.29 is 18.3 Å². The van der Waals surface area contributed by atoms with Crippen LogP contribution in [0.2, 0.25) is 0 Å². The summed E-state index contributed by atoms with van der Waals surface area (Å²) in [5.74, 6) is -1.25. The smallest absolute Gasteiger partial charge is 0.341 e. The first kappa shape index (κ1) is 16.8. The van der Waals surface area contributed by atoms with Crippen LogP contribution in [0.3, 0.4) is 0 Å². The minimum absolute atomic E-state index is 0.0404. The van der Waals surface area contributed by atoms with Gasteiger partial charge in [-0.25, -0.2) is 13.2 Å². The van der Waals surface area contributed by atoms with Gasteiger partial charge >= 0.3 is 5.97 Å². The van der Waals surface area contributed by atoms with E-state index in [9.17, 15) is 18.0 Å². The Kier molecular flexibility index (Phi) is 4.85. The number of hydrogen-bond donors (Lipinski definition) is 3. The van der Waals surface area contributed by atoms with Crippen LogP contribution in [0.1, 0.15) is 23.7 Å². The maximum atomic E-state index is 11.7. The van der Waals surface area contributed by atoms with Crippen LogP contribution < -0.4 is 10.3 Å². The molecule has 0 saturated carbocycles. The van der Waals surface area contributed by atoms with Crippen molar-refractivity contribution in [3.8, 4) is 11.3 Å². The first-order valence-electron chi connectivity index (χ1n) is 6.90. The van der Waals surface area contributed by atoms with Gasteiger partial charge in [0.15, 0.2) is 0 Å². The summed E-state index contributed by atoms with van der Waals surface area (Å²) in [5.41, 5.74) is 0.479. The normalized spacial score (nSPS) is 11.2.